The highest BCUT2D eigenvalue weighted by atomic mass is 16.4. The average molecular weight is 214 g/mol. The highest BCUT2D eigenvalue weighted by Gasteiger charge is 2.21. The van der Waals surface area contributed by atoms with Crippen molar-refractivity contribution in [2.24, 2.45) is 11.8 Å². The van der Waals surface area contributed by atoms with Crippen LogP contribution in [0, 0.1) is 11.8 Å². The number of carbonyl (C=O) groups is 1. The van der Waals surface area contributed by atoms with Crippen molar-refractivity contribution in [3.05, 3.63) is 11.6 Å². The van der Waals surface area contributed by atoms with Crippen molar-refractivity contribution in [3.8, 4) is 0 Å². The molecule has 0 aliphatic heterocycles. The van der Waals surface area contributed by atoms with E-state index in [2.05, 4.69) is 19.9 Å². The van der Waals surface area contributed by atoms with E-state index < -0.39 is 5.97 Å². The van der Waals surface area contributed by atoms with Gasteiger partial charge in [-0.3, -0.25) is 4.79 Å². The van der Waals surface area contributed by atoms with Crippen LogP contribution in [0.4, 0.5) is 0 Å². The summed E-state index contributed by atoms with van der Waals surface area (Å²) < 4.78 is 0. The van der Waals surface area contributed by atoms with E-state index in [1.54, 1.807) is 0 Å². The van der Waals surface area contributed by atoms with Crippen LogP contribution in [-0.4, -0.2) is 22.3 Å². The molecule has 0 fully saturated rings. The second-order valence-corrected chi connectivity index (χ2v) is 4.46. The van der Waals surface area contributed by atoms with Crippen LogP contribution in [0.25, 0.3) is 0 Å². The molecular weight excluding hydrogens is 192 g/mol. The molecule has 0 heterocycles. The Balaban J connectivity index is 0.000000423. The number of aliphatic hydroxyl groups excluding tert-OH is 1. The van der Waals surface area contributed by atoms with Crippen LogP contribution in [0.15, 0.2) is 11.6 Å². The lowest BCUT2D eigenvalue weighted by molar-refractivity contribution is -0.134. The van der Waals surface area contributed by atoms with Gasteiger partial charge in [0.05, 0.1) is 6.10 Å². The number of carboxylic acid groups (broad SMARTS) is 1. The number of hydrogen-bond donors (Lipinski definition) is 2. The van der Waals surface area contributed by atoms with Gasteiger partial charge in [0.2, 0.25) is 0 Å². The molecule has 0 radical (unpaired) electrons. The van der Waals surface area contributed by atoms with E-state index in [1.165, 1.54) is 0 Å². The topological polar surface area (TPSA) is 57.5 Å². The molecule has 0 saturated carbocycles. The van der Waals surface area contributed by atoms with Crippen LogP contribution < -0.4 is 0 Å². The third-order valence-electron chi connectivity index (χ3n) is 2.74. The molecule has 0 spiro atoms. The average Bonchev–Trinajstić information content (AvgIpc) is 2.08. The first-order chi connectivity index (χ1) is 6.84. The summed E-state index contributed by atoms with van der Waals surface area (Å²) >= 11 is 0. The van der Waals surface area contributed by atoms with Crippen molar-refractivity contribution in [1.82, 2.24) is 0 Å². The van der Waals surface area contributed by atoms with E-state index in [4.69, 9.17) is 9.90 Å². The summed E-state index contributed by atoms with van der Waals surface area (Å²) in [5, 5.41) is 16.9. The molecular formula is C12H22O3. The number of carboxylic acids is 1. The van der Waals surface area contributed by atoms with E-state index >= 15 is 0 Å². The molecule has 15 heavy (non-hydrogen) atoms. The molecule has 1 rings (SSSR count). The molecule has 2 unspecified atom stereocenters. The Hall–Kier alpha value is -0.830. The molecule has 0 aromatic rings. The van der Waals surface area contributed by atoms with Crippen LogP contribution in [0.5, 0.6) is 0 Å². The maximum absolute atomic E-state index is 9.53. The Labute approximate surface area is 91.8 Å². The second kappa shape index (κ2) is 6.62. The summed E-state index contributed by atoms with van der Waals surface area (Å²) in [5.41, 5.74) is 1.15. The van der Waals surface area contributed by atoms with Gasteiger partial charge >= 0.3 is 0 Å². The lowest BCUT2D eigenvalue weighted by atomic mass is 9.81. The predicted octanol–water partition coefficient (Wildman–Crippen LogP) is 2.45. The summed E-state index contributed by atoms with van der Waals surface area (Å²) in [5.74, 6) is 0.558. The third-order valence-corrected chi connectivity index (χ3v) is 2.74. The van der Waals surface area contributed by atoms with Gasteiger partial charge in [0.15, 0.2) is 0 Å². The Kier molecular flexibility index (Phi) is 6.25. The fourth-order valence-corrected chi connectivity index (χ4v) is 1.59. The maximum Gasteiger partial charge on any atom is 0.300 e. The number of hydrogen-bond acceptors (Lipinski definition) is 2. The van der Waals surface area contributed by atoms with E-state index in [1.807, 2.05) is 6.92 Å². The minimum atomic E-state index is -0.833. The first-order valence-electron chi connectivity index (χ1n) is 5.38. The van der Waals surface area contributed by atoms with E-state index in [0.29, 0.717) is 11.8 Å². The van der Waals surface area contributed by atoms with Crippen LogP contribution >= 0.6 is 0 Å². The SMILES string of the molecule is CC(=O)O.CC1=CCC(C(C)C)CC1O. The Morgan fingerprint density at radius 2 is 2.00 bits per heavy atom. The summed E-state index contributed by atoms with van der Waals surface area (Å²) in [6, 6.07) is 0. The van der Waals surface area contributed by atoms with Crippen LogP contribution in [0.3, 0.4) is 0 Å². The lowest BCUT2D eigenvalue weighted by Gasteiger charge is -2.27. The van der Waals surface area contributed by atoms with Crippen molar-refractivity contribution in [2.75, 3.05) is 0 Å². The quantitative estimate of drug-likeness (QED) is 0.659. The van der Waals surface area contributed by atoms with E-state index in [-0.39, 0.29) is 6.10 Å². The zero-order valence-electron chi connectivity index (χ0n) is 10.0. The van der Waals surface area contributed by atoms with Crippen molar-refractivity contribution in [2.45, 2.75) is 46.6 Å². The van der Waals surface area contributed by atoms with Crippen LogP contribution in [0.2, 0.25) is 0 Å². The van der Waals surface area contributed by atoms with Gasteiger partial charge < -0.3 is 10.2 Å². The van der Waals surface area contributed by atoms with Gasteiger partial charge in [-0.2, -0.15) is 0 Å². The molecule has 1 aliphatic rings. The maximum atomic E-state index is 9.53. The normalized spacial score (nSPS) is 25.3. The number of aliphatic carboxylic acids is 1. The summed E-state index contributed by atoms with van der Waals surface area (Å²) in [7, 11) is 0. The largest absolute Gasteiger partial charge is 0.481 e. The zero-order chi connectivity index (χ0) is 12.0. The van der Waals surface area contributed by atoms with Gasteiger partial charge in [-0.1, -0.05) is 19.9 Å². The van der Waals surface area contributed by atoms with Gasteiger partial charge in [0.1, 0.15) is 0 Å². The van der Waals surface area contributed by atoms with Crippen molar-refractivity contribution >= 4 is 5.97 Å². The molecule has 0 aromatic carbocycles. The molecule has 0 bridgehead atoms. The lowest BCUT2D eigenvalue weighted by Crippen LogP contribution is -2.22. The number of allylic oxidation sites excluding steroid dienone is 1. The highest BCUT2D eigenvalue weighted by molar-refractivity contribution is 5.62. The number of rotatable bonds is 1. The molecule has 2 atom stereocenters. The van der Waals surface area contributed by atoms with Gasteiger partial charge in [0.25, 0.3) is 5.97 Å². The van der Waals surface area contributed by atoms with Crippen molar-refractivity contribution in [1.29, 1.82) is 0 Å². The molecule has 3 heteroatoms. The predicted molar refractivity (Wildman–Crippen MR) is 60.6 cm³/mol. The minimum absolute atomic E-state index is 0.170. The molecule has 2 N–H and O–H groups in total. The molecule has 0 amide bonds. The van der Waals surface area contributed by atoms with E-state index in [0.717, 1.165) is 25.3 Å². The number of aliphatic hydroxyl groups is 1. The first-order valence-corrected chi connectivity index (χ1v) is 5.38. The highest BCUT2D eigenvalue weighted by Crippen LogP contribution is 2.28. The van der Waals surface area contributed by atoms with Gasteiger partial charge in [-0.05, 0) is 37.2 Å². The second-order valence-electron chi connectivity index (χ2n) is 4.46. The monoisotopic (exact) mass is 214 g/mol. The third kappa shape index (κ3) is 6.28. The summed E-state index contributed by atoms with van der Waals surface area (Å²) in [4.78, 5) is 9.00. The van der Waals surface area contributed by atoms with Gasteiger partial charge in [-0.15, -0.1) is 0 Å². The Bertz CT molecular complexity index is 227. The minimum Gasteiger partial charge on any atom is -0.481 e. The van der Waals surface area contributed by atoms with E-state index in [9.17, 15) is 5.11 Å². The molecule has 3 nitrogen and oxygen atoms in total. The molecule has 88 valence electrons. The first kappa shape index (κ1) is 14.2. The summed E-state index contributed by atoms with van der Waals surface area (Å²) in [6.07, 6.45) is 4.12. The van der Waals surface area contributed by atoms with Crippen molar-refractivity contribution < 1.29 is 15.0 Å². The smallest absolute Gasteiger partial charge is 0.300 e. The standard InChI is InChI=1S/C10H18O.C2H4O2/c1-7(2)9-5-4-8(3)10(11)6-9;1-2(3)4/h4,7,9-11H,5-6H2,1-3H3;1H3,(H,3,4). The summed E-state index contributed by atoms with van der Waals surface area (Å²) in [6.45, 7) is 7.55. The fraction of sp³-hybridized carbons (Fsp3) is 0.750. The Morgan fingerprint density at radius 1 is 1.53 bits per heavy atom. The zero-order valence-corrected chi connectivity index (χ0v) is 10.0. The fourth-order valence-electron chi connectivity index (χ4n) is 1.59. The van der Waals surface area contributed by atoms with Crippen LogP contribution in [0.1, 0.15) is 40.5 Å². The molecule has 0 saturated heterocycles. The van der Waals surface area contributed by atoms with Crippen LogP contribution in [-0.2, 0) is 4.79 Å². The van der Waals surface area contributed by atoms with Gasteiger partial charge in [0, 0.05) is 6.92 Å². The van der Waals surface area contributed by atoms with Crippen molar-refractivity contribution in [3.63, 3.8) is 0 Å². The Morgan fingerprint density at radius 3 is 2.33 bits per heavy atom. The van der Waals surface area contributed by atoms with Gasteiger partial charge in [-0.25, -0.2) is 0 Å². The molecule has 0 aromatic heterocycles. The molecule has 1 aliphatic carbocycles.